The maximum atomic E-state index is 12.6. The minimum Gasteiger partial charge on any atom is -0.443 e. The van der Waals surface area contributed by atoms with Crippen molar-refractivity contribution >= 4 is 17.7 Å². The molecule has 2 aliphatic rings. The molecule has 2 aliphatic heterocycles. The van der Waals surface area contributed by atoms with E-state index in [1.165, 1.54) is 0 Å². The predicted octanol–water partition coefficient (Wildman–Crippen LogP) is 2.84. The lowest BCUT2D eigenvalue weighted by Crippen LogP contribution is -2.55. The van der Waals surface area contributed by atoms with Gasteiger partial charge in [0.2, 0.25) is 5.91 Å². The zero-order valence-electron chi connectivity index (χ0n) is 15.6. The van der Waals surface area contributed by atoms with Gasteiger partial charge in [0.05, 0.1) is 6.42 Å². The molecule has 1 aromatic rings. The third-order valence-corrected chi connectivity index (χ3v) is 5.55. The zero-order valence-corrected chi connectivity index (χ0v) is 15.6. The van der Waals surface area contributed by atoms with Crippen LogP contribution in [-0.2, 0) is 16.0 Å². The van der Waals surface area contributed by atoms with Crippen molar-refractivity contribution in [2.75, 3.05) is 26.2 Å². The highest BCUT2D eigenvalue weighted by Gasteiger charge is 2.43. The molecule has 1 spiro atoms. The molecule has 0 unspecified atom stereocenters. The number of piperidine rings is 1. The Hall–Kier alpha value is -2.37. The van der Waals surface area contributed by atoms with Gasteiger partial charge >= 0.3 is 6.09 Å². The SMILES string of the molecule is CCN1CCC2(CCN(C(=O)Cc3ccc(C(C)=N)cc3)CC2)OC1=O. The smallest absolute Gasteiger partial charge is 0.410 e. The fourth-order valence-electron chi connectivity index (χ4n) is 3.69. The van der Waals surface area contributed by atoms with Crippen molar-refractivity contribution < 1.29 is 14.3 Å². The number of nitrogens with zero attached hydrogens (tertiary/aromatic N) is 2. The number of benzene rings is 1. The fourth-order valence-corrected chi connectivity index (χ4v) is 3.69. The molecule has 6 nitrogen and oxygen atoms in total. The van der Waals surface area contributed by atoms with Crippen LogP contribution in [0.5, 0.6) is 0 Å². The van der Waals surface area contributed by atoms with E-state index in [-0.39, 0.29) is 17.6 Å². The number of hydrogen-bond acceptors (Lipinski definition) is 4. The normalized spacial score (nSPS) is 19.4. The summed E-state index contributed by atoms with van der Waals surface area (Å²) in [6, 6.07) is 7.60. The van der Waals surface area contributed by atoms with Crippen molar-refractivity contribution in [1.82, 2.24) is 9.80 Å². The van der Waals surface area contributed by atoms with Crippen LogP contribution in [0.3, 0.4) is 0 Å². The van der Waals surface area contributed by atoms with Crippen LogP contribution in [0.15, 0.2) is 24.3 Å². The molecule has 2 amide bonds. The van der Waals surface area contributed by atoms with Gasteiger partial charge in [-0.1, -0.05) is 24.3 Å². The molecule has 0 radical (unpaired) electrons. The molecule has 0 saturated carbocycles. The van der Waals surface area contributed by atoms with Gasteiger partial charge in [-0.2, -0.15) is 0 Å². The Kier molecular flexibility index (Phi) is 5.30. The summed E-state index contributed by atoms with van der Waals surface area (Å²) in [5, 5.41) is 7.63. The first-order valence-electron chi connectivity index (χ1n) is 9.32. The number of carbonyl (C=O) groups excluding carboxylic acids is 2. The predicted molar refractivity (Wildman–Crippen MR) is 99.5 cm³/mol. The van der Waals surface area contributed by atoms with Crippen LogP contribution >= 0.6 is 0 Å². The molecule has 2 fully saturated rings. The maximum Gasteiger partial charge on any atom is 0.410 e. The van der Waals surface area contributed by atoms with Crippen molar-refractivity contribution in [3.8, 4) is 0 Å². The van der Waals surface area contributed by atoms with E-state index in [4.69, 9.17) is 10.1 Å². The molecule has 3 rings (SSSR count). The van der Waals surface area contributed by atoms with E-state index in [9.17, 15) is 9.59 Å². The number of rotatable bonds is 4. The molecule has 1 N–H and O–H groups in total. The first kappa shape index (κ1) is 18.4. The van der Waals surface area contributed by atoms with Gasteiger partial charge in [0.15, 0.2) is 0 Å². The van der Waals surface area contributed by atoms with E-state index in [1.807, 2.05) is 36.1 Å². The Morgan fingerprint density at radius 2 is 1.77 bits per heavy atom. The Balaban J connectivity index is 1.54. The summed E-state index contributed by atoms with van der Waals surface area (Å²) in [6.45, 7) is 6.39. The number of ether oxygens (including phenoxy) is 1. The van der Waals surface area contributed by atoms with Gasteiger partial charge in [-0.3, -0.25) is 4.79 Å². The molecular weight excluding hydrogens is 330 g/mol. The van der Waals surface area contributed by atoms with Crippen molar-refractivity contribution in [1.29, 1.82) is 5.41 Å². The molecular formula is C20H27N3O3. The minimum absolute atomic E-state index is 0.108. The lowest BCUT2D eigenvalue weighted by Gasteiger charge is -2.45. The van der Waals surface area contributed by atoms with Crippen molar-refractivity contribution in [3.05, 3.63) is 35.4 Å². The third-order valence-electron chi connectivity index (χ3n) is 5.55. The number of carbonyl (C=O) groups is 2. The molecule has 1 aromatic carbocycles. The quantitative estimate of drug-likeness (QED) is 0.842. The van der Waals surface area contributed by atoms with Gasteiger partial charge in [0.25, 0.3) is 0 Å². The van der Waals surface area contributed by atoms with Gasteiger partial charge in [-0.05, 0) is 25.0 Å². The van der Waals surface area contributed by atoms with Gasteiger partial charge < -0.3 is 19.9 Å². The molecule has 140 valence electrons. The van der Waals surface area contributed by atoms with Crippen LogP contribution in [0.1, 0.15) is 44.2 Å². The summed E-state index contributed by atoms with van der Waals surface area (Å²) < 4.78 is 5.73. The van der Waals surface area contributed by atoms with Crippen molar-refractivity contribution in [3.63, 3.8) is 0 Å². The Morgan fingerprint density at radius 3 is 2.31 bits per heavy atom. The molecule has 2 saturated heterocycles. The summed E-state index contributed by atoms with van der Waals surface area (Å²) >= 11 is 0. The summed E-state index contributed by atoms with van der Waals surface area (Å²) in [6.07, 6.45) is 2.43. The fraction of sp³-hybridized carbons (Fsp3) is 0.550. The number of likely N-dealkylation sites (tertiary alicyclic amines) is 1. The van der Waals surface area contributed by atoms with Crippen LogP contribution in [0.4, 0.5) is 4.79 Å². The highest BCUT2D eigenvalue weighted by molar-refractivity contribution is 5.96. The number of hydrogen-bond donors (Lipinski definition) is 1. The van der Waals surface area contributed by atoms with Crippen LogP contribution in [-0.4, -0.2) is 59.3 Å². The van der Waals surface area contributed by atoms with Crippen LogP contribution in [0.2, 0.25) is 0 Å². The average molecular weight is 357 g/mol. The number of amides is 2. The second kappa shape index (κ2) is 7.48. The largest absolute Gasteiger partial charge is 0.443 e. The zero-order chi connectivity index (χ0) is 18.7. The topological polar surface area (TPSA) is 73.7 Å². The molecule has 0 aromatic heterocycles. The Morgan fingerprint density at radius 1 is 1.15 bits per heavy atom. The number of nitrogens with one attached hydrogen (secondary N) is 1. The highest BCUT2D eigenvalue weighted by Crippen LogP contribution is 2.34. The van der Waals surface area contributed by atoms with Crippen molar-refractivity contribution in [2.24, 2.45) is 0 Å². The summed E-state index contributed by atoms with van der Waals surface area (Å²) in [5.74, 6) is 0.108. The maximum absolute atomic E-state index is 12.6. The Labute approximate surface area is 154 Å². The van der Waals surface area contributed by atoms with Gasteiger partial charge in [-0.15, -0.1) is 0 Å². The first-order valence-corrected chi connectivity index (χ1v) is 9.32. The van der Waals surface area contributed by atoms with E-state index in [2.05, 4.69) is 0 Å². The molecule has 0 aliphatic carbocycles. The van der Waals surface area contributed by atoms with Gasteiger partial charge in [-0.25, -0.2) is 4.79 Å². The van der Waals surface area contributed by atoms with E-state index in [0.717, 1.165) is 24.1 Å². The summed E-state index contributed by atoms with van der Waals surface area (Å²) in [5.41, 5.74) is 1.97. The molecule has 2 heterocycles. The first-order chi connectivity index (χ1) is 12.4. The van der Waals surface area contributed by atoms with E-state index in [1.54, 1.807) is 11.8 Å². The lowest BCUT2D eigenvalue weighted by molar-refractivity contribution is -0.136. The molecule has 26 heavy (non-hydrogen) atoms. The lowest BCUT2D eigenvalue weighted by atomic mass is 9.86. The van der Waals surface area contributed by atoms with Crippen LogP contribution in [0.25, 0.3) is 0 Å². The van der Waals surface area contributed by atoms with E-state index < -0.39 is 0 Å². The minimum atomic E-state index is -0.386. The van der Waals surface area contributed by atoms with E-state index in [0.29, 0.717) is 44.6 Å². The molecule has 6 heteroatoms. The Bertz CT molecular complexity index is 691. The van der Waals surface area contributed by atoms with Crippen LogP contribution in [0, 0.1) is 5.41 Å². The molecule has 0 bridgehead atoms. The van der Waals surface area contributed by atoms with E-state index >= 15 is 0 Å². The van der Waals surface area contributed by atoms with Crippen molar-refractivity contribution in [2.45, 2.75) is 45.1 Å². The average Bonchev–Trinajstić information content (AvgIpc) is 2.63. The second-order valence-corrected chi connectivity index (χ2v) is 7.26. The second-order valence-electron chi connectivity index (χ2n) is 7.26. The molecule has 0 atom stereocenters. The van der Waals surface area contributed by atoms with Gasteiger partial charge in [0, 0.05) is 51.2 Å². The summed E-state index contributed by atoms with van der Waals surface area (Å²) in [7, 11) is 0. The standard InChI is InChI=1S/C20H27N3O3/c1-3-22-11-8-20(26-19(22)25)9-12-23(13-10-20)18(24)14-16-4-6-17(7-5-16)15(2)21/h4-7,21H,3,8-14H2,1-2H3. The van der Waals surface area contributed by atoms with Gasteiger partial charge in [0.1, 0.15) is 5.60 Å². The third kappa shape index (κ3) is 3.89. The monoisotopic (exact) mass is 357 g/mol. The van der Waals surface area contributed by atoms with Crippen LogP contribution < -0.4 is 0 Å². The summed E-state index contributed by atoms with van der Waals surface area (Å²) in [4.78, 5) is 28.2. The highest BCUT2D eigenvalue weighted by atomic mass is 16.6.